The molecule has 2 heterocycles. The summed E-state index contributed by atoms with van der Waals surface area (Å²) in [5, 5.41) is 16.8. The minimum atomic E-state index is 0.0572. The largest absolute Gasteiger partial charge is 0.396 e. The van der Waals surface area contributed by atoms with Crippen molar-refractivity contribution in [1.29, 1.82) is 5.41 Å². The minimum absolute atomic E-state index is 0.0572. The van der Waals surface area contributed by atoms with Crippen LogP contribution in [0.15, 0.2) is 12.1 Å². The van der Waals surface area contributed by atoms with Gasteiger partial charge in [-0.05, 0) is 37.8 Å². The summed E-state index contributed by atoms with van der Waals surface area (Å²) in [6.45, 7) is 3.92. The monoisotopic (exact) mass is 248 g/mol. The Bertz CT molecular complexity index is 439. The fourth-order valence-corrected chi connectivity index (χ4v) is 2.32. The van der Waals surface area contributed by atoms with Crippen LogP contribution >= 0.6 is 0 Å². The van der Waals surface area contributed by atoms with E-state index in [0.717, 1.165) is 37.4 Å². The average molecular weight is 248 g/mol. The number of nitrogens with zero attached hydrogens (tertiary/aromatic N) is 2. The lowest BCUT2D eigenvalue weighted by atomic mass is 9.97. The Kier molecular flexibility index (Phi) is 3.81. The maximum atomic E-state index is 9.15. The predicted molar refractivity (Wildman–Crippen MR) is 72.0 cm³/mol. The van der Waals surface area contributed by atoms with Crippen LogP contribution < -0.4 is 10.6 Å². The van der Waals surface area contributed by atoms with Crippen molar-refractivity contribution in [1.82, 2.24) is 4.98 Å². The molecule has 1 aliphatic rings. The molecule has 0 saturated carbocycles. The molecule has 0 amide bonds. The van der Waals surface area contributed by atoms with E-state index in [9.17, 15) is 0 Å². The van der Waals surface area contributed by atoms with Crippen molar-refractivity contribution in [2.45, 2.75) is 19.8 Å². The molecule has 4 N–H and O–H groups in total. The van der Waals surface area contributed by atoms with Crippen molar-refractivity contribution >= 4 is 11.7 Å². The second-order valence-electron chi connectivity index (χ2n) is 4.85. The van der Waals surface area contributed by atoms with Gasteiger partial charge >= 0.3 is 0 Å². The van der Waals surface area contributed by atoms with Gasteiger partial charge in [0.15, 0.2) is 0 Å². The summed E-state index contributed by atoms with van der Waals surface area (Å²) in [4.78, 5) is 6.67. The molecule has 0 aliphatic carbocycles. The van der Waals surface area contributed by atoms with E-state index in [1.807, 2.05) is 19.1 Å². The van der Waals surface area contributed by atoms with Gasteiger partial charge in [0.25, 0.3) is 0 Å². The Morgan fingerprint density at radius 2 is 2.17 bits per heavy atom. The molecule has 2 rings (SSSR count). The molecular weight excluding hydrogens is 228 g/mol. The van der Waals surface area contributed by atoms with Crippen molar-refractivity contribution in [2.75, 3.05) is 24.6 Å². The van der Waals surface area contributed by atoms with Crippen LogP contribution in [0.2, 0.25) is 0 Å². The van der Waals surface area contributed by atoms with Gasteiger partial charge in [-0.25, -0.2) is 4.98 Å². The lowest BCUT2D eigenvalue weighted by Gasteiger charge is -2.33. The Balaban J connectivity index is 2.22. The van der Waals surface area contributed by atoms with Gasteiger partial charge in [-0.15, -0.1) is 0 Å². The number of nitrogens with one attached hydrogen (secondary N) is 1. The Hall–Kier alpha value is -1.62. The third kappa shape index (κ3) is 2.61. The first-order valence-electron chi connectivity index (χ1n) is 6.29. The van der Waals surface area contributed by atoms with Crippen LogP contribution in [0.5, 0.6) is 0 Å². The molecule has 0 spiro atoms. The molecule has 1 aromatic rings. The zero-order valence-corrected chi connectivity index (χ0v) is 10.7. The zero-order chi connectivity index (χ0) is 13.1. The van der Waals surface area contributed by atoms with Crippen LogP contribution in [0.3, 0.4) is 0 Å². The first kappa shape index (κ1) is 12.8. The summed E-state index contributed by atoms with van der Waals surface area (Å²) in [6.07, 6.45) is 1.92. The number of hydrogen-bond acceptors (Lipinski definition) is 4. The molecule has 1 aliphatic heterocycles. The van der Waals surface area contributed by atoms with Crippen molar-refractivity contribution in [2.24, 2.45) is 11.7 Å². The summed E-state index contributed by atoms with van der Waals surface area (Å²) < 4.78 is 0. The number of piperidine rings is 1. The van der Waals surface area contributed by atoms with Crippen LogP contribution in [-0.2, 0) is 0 Å². The van der Waals surface area contributed by atoms with Gasteiger partial charge in [0.2, 0.25) is 0 Å². The molecule has 1 aromatic heterocycles. The van der Waals surface area contributed by atoms with Crippen molar-refractivity contribution < 1.29 is 5.11 Å². The van der Waals surface area contributed by atoms with Gasteiger partial charge in [0, 0.05) is 25.4 Å². The normalized spacial score (nSPS) is 16.9. The number of nitrogens with two attached hydrogens (primary N) is 1. The highest BCUT2D eigenvalue weighted by atomic mass is 16.3. The van der Waals surface area contributed by atoms with Crippen LogP contribution in [0.1, 0.15) is 24.1 Å². The minimum Gasteiger partial charge on any atom is -0.396 e. The lowest BCUT2D eigenvalue weighted by molar-refractivity contribution is 0.203. The highest BCUT2D eigenvalue weighted by Gasteiger charge is 2.22. The molecule has 5 heteroatoms. The highest BCUT2D eigenvalue weighted by molar-refractivity contribution is 5.99. The van der Waals surface area contributed by atoms with E-state index in [2.05, 4.69) is 9.88 Å². The van der Waals surface area contributed by atoms with E-state index in [0.29, 0.717) is 11.5 Å². The highest BCUT2D eigenvalue weighted by Crippen LogP contribution is 2.24. The zero-order valence-electron chi connectivity index (χ0n) is 10.7. The summed E-state index contributed by atoms with van der Waals surface area (Å²) >= 11 is 0. The number of anilines is 1. The van der Waals surface area contributed by atoms with Crippen LogP contribution in [0, 0.1) is 18.3 Å². The van der Waals surface area contributed by atoms with E-state index in [-0.39, 0.29) is 12.4 Å². The molecular formula is C13H20N4O. The Morgan fingerprint density at radius 3 is 2.72 bits per heavy atom. The van der Waals surface area contributed by atoms with E-state index < -0.39 is 0 Å². The Morgan fingerprint density at radius 1 is 1.50 bits per heavy atom. The quantitative estimate of drug-likeness (QED) is 0.547. The molecule has 98 valence electrons. The summed E-state index contributed by atoms with van der Waals surface area (Å²) in [7, 11) is 0. The summed E-state index contributed by atoms with van der Waals surface area (Å²) in [5.74, 6) is 1.26. The van der Waals surface area contributed by atoms with E-state index >= 15 is 0 Å². The maximum Gasteiger partial charge on any atom is 0.139 e. The molecule has 0 radical (unpaired) electrons. The molecule has 0 atom stereocenters. The van der Waals surface area contributed by atoms with E-state index in [4.69, 9.17) is 16.2 Å². The maximum absolute atomic E-state index is 9.15. The fraction of sp³-hybridized carbons (Fsp3) is 0.538. The number of rotatable bonds is 3. The molecule has 0 unspecified atom stereocenters. The molecule has 0 bridgehead atoms. The molecule has 1 fully saturated rings. The third-order valence-electron chi connectivity index (χ3n) is 3.48. The number of hydrogen-bond donors (Lipinski definition) is 3. The predicted octanol–water partition coefficient (Wildman–Crippen LogP) is 0.883. The number of pyridine rings is 1. The van der Waals surface area contributed by atoms with Crippen LogP contribution in [-0.4, -0.2) is 35.6 Å². The molecule has 1 saturated heterocycles. The van der Waals surface area contributed by atoms with Gasteiger partial charge in [-0.2, -0.15) is 0 Å². The van der Waals surface area contributed by atoms with Crippen molar-refractivity contribution in [3.63, 3.8) is 0 Å². The van der Waals surface area contributed by atoms with Gasteiger partial charge in [-0.1, -0.05) is 0 Å². The summed E-state index contributed by atoms with van der Waals surface area (Å²) in [5.41, 5.74) is 7.23. The van der Waals surface area contributed by atoms with Crippen LogP contribution in [0.25, 0.3) is 0 Å². The third-order valence-corrected chi connectivity index (χ3v) is 3.48. The van der Waals surface area contributed by atoms with Gasteiger partial charge < -0.3 is 15.7 Å². The first-order valence-corrected chi connectivity index (χ1v) is 6.29. The van der Waals surface area contributed by atoms with Crippen LogP contribution in [0.4, 0.5) is 5.82 Å². The number of amidine groups is 1. The van der Waals surface area contributed by atoms with E-state index in [1.54, 1.807) is 0 Å². The van der Waals surface area contributed by atoms with Gasteiger partial charge in [-0.3, -0.25) is 5.41 Å². The standard InChI is InChI=1S/C13H20N4O/c1-9-2-3-11(12(14)15)13(16-9)17-6-4-10(8-18)5-7-17/h2-3,10,18H,4-8H2,1H3,(H3,14,15). The van der Waals surface area contributed by atoms with Crippen molar-refractivity contribution in [3.8, 4) is 0 Å². The lowest BCUT2D eigenvalue weighted by Crippen LogP contribution is -2.36. The smallest absolute Gasteiger partial charge is 0.139 e. The molecule has 0 aromatic carbocycles. The fourth-order valence-electron chi connectivity index (χ4n) is 2.32. The second kappa shape index (κ2) is 5.35. The van der Waals surface area contributed by atoms with Gasteiger partial charge in [0.1, 0.15) is 11.7 Å². The number of nitrogen functional groups attached to an aromatic ring is 1. The SMILES string of the molecule is Cc1ccc(C(=N)N)c(N2CCC(CO)CC2)n1. The van der Waals surface area contributed by atoms with E-state index in [1.165, 1.54) is 0 Å². The van der Waals surface area contributed by atoms with Crippen molar-refractivity contribution in [3.05, 3.63) is 23.4 Å². The Labute approximate surface area is 107 Å². The molecule has 5 nitrogen and oxygen atoms in total. The second-order valence-corrected chi connectivity index (χ2v) is 4.85. The number of aliphatic hydroxyl groups is 1. The number of aliphatic hydroxyl groups excluding tert-OH is 1. The summed E-state index contributed by atoms with van der Waals surface area (Å²) in [6, 6.07) is 3.73. The first-order chi connectivity index (χ1) is 8.61. The average Bonchev–Trinajstić information content (AvgIpc) is 2.38. The molecule has 18 heavy (non-hydrogen) atoms. The topological polar surface area (TPSA) is 86.2 Å². The number of aryl methyl sites for hydroxylation is 1. The van der Waals surface area contributed by atoms with Gasteiger partial charge in [0.05, 0.1) is 5.56 Å². The number of aromatic nitrogens is 1.